The van der Waals surface area contributed by atoms with Crippen molar-refractivity contribution in [3.63, 3.8) is 0 Å². The predicted octanol–water partition coefficient (Wildman–Crippen LogP) is 4.43. The van der Waals surface area contributed by atoms with Crippen molar-refractivity contribution in [2.24, 2.45) is 0 Å². The Labute approximate surface area is 140 Å². The number of nitrogens with one attached hydrogen (secondary N) is 1. The van der Waals surface area contributed by atoms with E-state index in [0.717, 1.165) is 55.8 Å². The highest BCUT2D eigenvalue weighted by atomic mass is 35.5. The Hall–Kier alpha value is -1.42. The summed E-state index contributed by atoms with van der Waals surface area (Å²) >= 11 is 0. The lowest BCUT2D eigenvalue weighted by Crippen LogP contribution is -2.26. The number of unbranched alkanes of at least 4 members (excludes halogenated alkanes) is 1. The molecule has 0 aliphatic carbocycles. The summed E-state index contributed by atoms with van der Waals surface area (Å²) in [4.78, 5) is 13.7. The van der Waals surface area contributed by atoms with Crippen LogP contribution in [-0.2, 0) is 6.42 Å². The van der Waals surface area contributed by atoms with Crippen LogP contribution in [0.5, 0.6) is 0 Å². The number of rotatable bonds is 9. The predicted molar refractivity (Wildman–Crippen MR) is 97.0 cm³/mol. The van der Waals surface area contributed by atoms with Crippen molar-refractivity contribution < 1.29 is 9.90 Å². The van der Waals surface area contributed by atoms with Crippen LogP contribution in [0.4, 0.5) is 11.4 Å². The fourth-order valence-electron chi connectivity index (χ4n) is 2.63. The van der Waals surface area contributed by atoms with Crippen molar-refractivity contribution in [3.8, 4) is 0 Å². The normalized spacial score (nSPS) is 10.0. The fourth-order valence-corrected chi connectivity index (χ4v) is 2.63. The van der Waals surface area contributed by atoms with Gasteiger partial charge in [-0.3, -0.25) is 0 Å². The number of hydrogen-bond acceptors (Lipinski definition) is 3. The standard InChI is InChI=1S/C17H28N2O2.ClH/c1-5-9-12-18-15-11-10-14(17(20)21)16(13(15)6-2)19(7-3)8-4;/h10-11,18H,5-9,12H2,1-4H3,(H,20,21);1H. The lowest BCUT2D eigenvalue weighted by atomic mass is 10.0. The first-order valence-corrected chi connectivity index (χ1v) is 7.98. The first-order valence-electron chi connectivity index (χ1n) is 7.98. The van der Waals surface area contributed by atoms with Crippen LogP contribution in [-0.4, -0.2) is 30.7 Å². The van der Waals surface area contributed by atoms with E-state index in [2.05, 4.69) is 37.9 Å². The third-order valence-corrected chi connectivity index (χ3v) is 3.79. The van der Waals surface area contributed by atoms with Crippen LogP contribution in [0.3, 0.4) is 0 Å². The lowest BCUT2D eigenvalue weighted by Gasteiger charge is -2.27. The highest BCUT2D eigenvalue weighted by Gasteiger charge is 2.20. The van der Waals surface area contributed by atoms with E-state index < -0.39 is 5.97 Å². The topological polar surface area (TPSA) is 52.6 Å². The molecular formula is C17H29ClN2O2. The molecule has 0 spiro atoms. The van der Waals surface area contributed by atoms with Gasteiger partial charge >= 0.3 is 5.97 Å². The molecule has 0 unspecified atom stereocenters. The van der Waals surface area contributed by atoms with Crippen LogP contribution in [0.2, 0.25) is 0 Å². The molecule has 0 heterocycles. The van der Waals surface area contributed by atoms with Crippen molar-refractivity contribution in [2.75, 3.05) is 29.9 Å². The molecule has 0 aliphatic rings. The number of halogens is 1. The first-order chi connectivity index (χ1) is 10.1. The van der Waals surface area contributed by atoms with Crippen LogP contribution in [0.25, 0.3) is 0 Å². The lowest BCUT2D eigenvalue weighted by molar-refractivity contribution is 0.0697. The molecule has 4 nitrogen and oxygen atoms in total. The van der Waals surface area contributed by atoms with E-state index in [-0.39, 0.29) is 12.4 Å². The number of carbonyl (C=O) groups is 1. The molecule has 1 rings (SSSR count). The molecule has 5 heteroatoms. The molecule has 0 aromatic heterocycles. The summed E-state index contributed by atoms with van der Waals surface area (Å²) in [6, 6.07) is 3.63. The molecule has 0 saturated heterocycles. The van der Waals surface area contributed by atoms with Gasteiger partial charge in [0.2, 0.25) is 0 Å². The Morgan fingerprint density at radius 2 is 1.82 bits per heavy atom. The second-order valence-electron chi connectivity index (χ2n) is 5.10. The monoisotopic (exact) mass is 328 g/mol. The van der Waals surface area contributed by atoms with Crippen molar-refractivity contribution in [2.45, 2.75) is 47.0 Å². The maximum Gasteiger partial charge on any atom is 0.337 e. The number of carboxylic acid groups (broad SMARTS) is 1. The van der Waals surface area contributed by atoms with E-state index >= 15 is 0 Å². The SMILES string of the molecule is CCCCNc1ccc(C(=O)O)c(N(CC)CC)c1CC.Cl. The van der Waals surface area contributed by atoms with E-state index in [1.807, 2.05) is 6.07 Å². The van der Waals surface area contributed by atoms with Gasteiger partial charge in [0.15, 0.2) is 0 Å². The zero-order valence-electron chi connectivity index (χ0n) is 14.1. The smallest absolute Gasteiger partial charge is 0.337 e. The zero-order valence-corrected chi connectivity index (χ0v) is 14.9. The Balaban J connectivity index is 0.00000441. The maximum absolute atomic E-state index is 11.6. The summed E-state index contributed by atoms with van der Waals surface area (Å²) in [6.07, 6.45) is 3.08. The third-order valence-electron chi connectivity index (χ3n) is 3.79. The molecule has 0 amide bonds. The molecule has 22 heavy (non-hydrogen) atoms. The molecule has 1 aromatic rings. The van der Waals surface area contributed by atoms with E-state index in [9.17, 15) is 9.90 Å². The maximum atomic E-state index is 11.6. The van der Waals surface area contributed by atoms with E-state index in [4.69, 9.17) is 0 Å². The summed E-state index contributed by atoms with van der Waals surface area (Å²) in [5.41, 5.74) is 3.45. The summed E-state index contributed by atoms with van der Waals surface area (Å²) in [7, 11) is 0. The molecule has 0 aliphatic heterocycles. The number of carboxylic acids is 1. The average molecular weight is 329 g/mol. The molecule has 0 fully saturated rings. The van der Waals surface area contributed by atoms with E-state index in [1.54, 1.807) is 6.07 Å². The molecule has 0 saturated carbocycles. The minimum Gasteiger partial charge on any atom is -0.478 e. The van der Waals surface area contributed by atoms with E-state index in [1.165, 1.54) is 0 Å². The summed E-state index contributed by atoms with van der Waals surface area (Å²) in [6.45, 7) is 10.9. The van der Waals surface area contributed by atoms with Gasteiger partial charge in [-0.25, -0.2) is 4.79 Å². The molecular weight excluding hydrogens is 300 g/mol. The first kappa shape index (κ1) is 20.6. The molecule has 1 aromatic carbocycles. The van der Waals surface area contributed by atoms with Crippen LogP contribution >= 0.6 is 12.4 Å². The minimum atomic E-state index is -0.855. The van der Waals surface area contributed by atoms with Crippen molar-refractivity contribution >= 4 is 29.8 Å². The molecule has 126 valence electrons. The van der Waals surface area contributed by atoms with Gasteiger partial charge in [0.05, 0.1) is 11.3 Å². The molecule has 0 radical (unpaired) electrons. The Morgan fingerprint density at radius 1 is 1.18 bits per heavy atom. The number of aromatic carboxylic acids is 1. The van der Waals surface area contributed by atoms with Gasteiger partial charge in [0, 0.05) is 25.3 Å². The van der Waals surface area contributed by atoms with Crippen LogP contribution in [0, 0.1) is 0 Å². The van der Waals surface area contributed by atoms with Crippen LogP contribution in [0.1, 0.15) is 56.5 Å². The van der Waals surface area contributed by atoms with Gasteiger partial charge in [-0.2, -0.15) is 0 Å². The van der Waals surface area contributed by atoms with E-state index in [0.29, 0.717) is 5.56 Å². The van der Waals surface area contributed by atoms with Gasteiger partial charge in [0.1, 0.15) is 0 Å². The largest absolute Gasteiger partial charge is 0.478 e. The molecule has 2 N–H and O–H groups in total. The third kappa shape index (κ3) is 4.80. The van der Waals surface area contributed by atoms with Crippen molar-refractivity contribution in [1.82, 2.24) is 0 Å². The van der Waals surface area contributed by atoms with Gasteiger partial charge in [-0.15, -0.1) is 12.4 Å². The number of benzene rings is 1. The Kier molecular flexibility index (Phi) is 9.66. The highest BCUT2D eigenvalue weighted by Crippen LogP contribution is 2.32. The van der Waals surface area contributed by atoms with Gasteiger partial charge in [-0.05, 0) is 44.4 Å². The van der Waals surface area contributed by atoms with Gasteiger partial charge in [0.25, 0.3) is 0 Å². The fraction of sp³-hybridized carbons (Fsp3) is 0.588. The second-order valence-corrected chi connectivity index (χ2v) is 5.10. The average Bonchev–Trinajstić information content (AvgIpc) is 2.48. The minimum absolute atomic E-state index is 0. The highest BCUT2D eigenvalue weighted by molar-refractivity contribution is 5.97. The Bertz CT molecular complexity index is 474. The summed E-state index contributed by atoms with van der Waals surface area (Å²) in [5, 5.41) is 12.9. The van der Waals surface area contributed by atoms with Crippen molar-refractivity contribution in [1.29, 1.82) is 0 Å². The summed E-state index contributed by atoms with van der Waals surface area (Å²) in [5.74, 6) is -0.855. The molecule has 0 bridgehead atoms. The number of nitrogens with zero attached hydrogens (tertiary/aromatic N) is 1. The van der Waals surface area contributed by atoms with Crippen molar-refractivity contribution in [3.05, 3.63) is 23.3 Å². The number of hydrogen-bond donors (Lipinski definition) is 2. The van der Waals surface area contributed by atoms with Crippen LogP contribution < -0.4 is 10.2 Å². The summed E-state index contributed by atoms with van der Waals surface area (Å²) < 4.78 is 0. The van der Waals surface area contributed by atoms with Gasteiger partial charge < -0.3 is 15.3 Å². The Morgan fingerprint density at radius 3 is 2.27 bits per heavy atom. The van der Waals surface area contributed by atoms with Gasteiger partial charge in [-0.1, -0.05) is 20.3 Å². The molecule has 0 atom stereocenters. The second kappa shape index (κ2) is 10.3. The number of anilines is 2. The van der Waals surface area contributed by atoms with Crippen LogP contribution in [0.15, 0.2) is 12.1 Å². The zero-order chi connectivity index (χ0) is 15.8. The quantitative estimate of drug-likeness (QED) is 0.658.